The first-order valence-corrected chi connectivity index (χ1v) is 7.35. The van der Waals surface area contributed by atoms with Gasteiger partial charge in [0.1, 0.15) is 0 Å². The molecule has 1 aliphatic heterocycles. The average molecular weight is 262 g/mol. The van der Waals surface area contributed by atoms with Crippen molar-refractivity contribution in [2.24, 2.45) is 5.92 Å². The van der Waals surface area contributed by atoms with Gasteiger partial charge in [0.2, 0.25) is 0 Å². The molecule has 106 valence electrons. The lowest BCUT2D eigenvalue weighted by atomic mass is 9.95. The second-order valence-electron chi connectivity index (χ2n) is 5.52. The fourth-order valence-corrected chi connectivity index (χ4v) is 2.53. The Morgan fingerprint density at radius 2 is 1.95 bits per heavy atom. The Morgan fingerprint density at radius 1 is 1.21 bits per heavy atom. The molecule has 0 radical (unpaired) electrons. The van der Waals surface area contributed by atoms with Crippen LogP contribution in [0, 0.1) is 5.92 Å². The number of benzene rings is 1. The molecule has 1 saturated heterocycles. The molecule has 1 aliphatic rings. The molecule has 1 N–H and O–H groups in total. The summed E-state index contributed by atoms with van der Waals surface area (Å²) in [6.07, 6.45) is 3.96. The molecule has 0 spiro atoms. The number of hydrogen-bond acceptors (Lipinski definition) is 3. The lowest BCUT2D eigenvalue weighted by Crippen LogP contribution is -2.30. The third-order valence-corrected chi connectivity index (χ3v) is 3.80. The summed E-state index contributed by atoms with van der Waals surface area (Å²) in [5, 5.41) is 3.42. The molecule has 2 rings (SSSR count). The minimum Gasteiger partial charge on any atom is -0.361 e. The van der Waals surface area contributed by atoms with Crippen LogP contribution in [-0.2, 0) is 11.3 Å². The lowest BCUT2D eigenvalue weighted by molar-refractivity contribution is 0.0293. The van der Waals surface area contributed by atoms with Crippen molar-refractivity contribution in [3.63, 3.8) is 0 Å². The van der Waals surface area contributed by atoms with E-state index in [0.717, 1.165) is 19.2 Å². The Labute approximate surface area is 116 Å². The third-order valence-electron chi connectivity index (χ3n) is 3.80. The van der Waals surface area contributed by atoms with Gasteiger partial charge in [0, 0.05) is 6.54 Å². The van der Waals surface area contributed by atoms with Crippen LogP contribution in [0.1, 0.15) is 24.8 Å². The largest absolute Gasteiger partial charge is 0.361 e. The van der Waals surface area contributed by atoms with E-state index in [2.05, 4.69) is 41.5 Å². The van der Waals surface area contributed by atoms with E-state index in [1.807, 2.05) is 6.07 Å². The molecule has 0 aliphatic carbocycles. The van der Waals surface area contributed by atoms with Crippen molar-refractivity contribution < 1.29 is 4.74 Å². The second-order valence-corrected chi connectivity index (χ2v) is 5.52. The van der Waals surface area contributed by atoms with Crippen LogP contribution in [0.3, 0.4) is 0 Å². The standard InChI is InChI=1S/C16H26N2O/c1-18(12-9-15-7-10-17-11-8-15)14-19-13-16-5-3-2-4-6-16/h2-6,15,17H,7-14H2,1H3. The maximum absolute atomic E-state index is 5.73. The molecule has 3 nitrogen and oxygen atoms in total. The molecular formula is C16H26N2O. The number of ether oxygens (including phenoxy) is 1. The predicted octanol–water partition coefficient (Wildman–Crippen LogP) is 2.48. The Bertz CT molecular complexity index is 336. The van der Waals surface area contributed by atoms with Gasteiger partial charge in [-0.25, -0.2) is 0 Å². The van der Waals surface area contributed by atoms with Crippen molar-refractivity contribution in [2.75, 3.05) is 33.4 Å². The molecule has 1 fully saturated rings. The van der Waals surface area contributed by atoms with Crippen molar-refractivity contribution in [3.8, 4) is 0 Å². The molecule has 1 heterocycles. The van der Waals surface area contributed by atoms with Crippen molar-refractivity contribution in [2.45, 2.75) is 25.9 Å². The summed E-state index contributed by atoms with van der Waals surface area (Å²) in [5.74, 6) is 0.901. The SMILES string of the molecule is CN(CCC1CCNCC1)COCc1ccccc1. The van der Waals surface area contributed by atoms with E-state index in [4.69, 9.17) is 4.74 Å². The molecule has 1 aromatic carbocycles. The second kappa shape index (κ2) is 8.31. The minimum absolute atomic E-state index is 0.707. The van der Waals surface area contributed by atoms with Crippen molar-refractivity contribution in [1.82, 2.24) is 10.2 Å². The molecule has 0 aromatic heterocycles. The topological polar surface area (TPSA) is 24.5 Å². The predicted molar refractivity (Wildman–Crippen MR) is 78.9 cm³/mol. The first-order chi connectivity index (χ1) is 9.34. The Morgan fingerprint density at radius 3 is 2.68 bits per heavy atom. The van der Waals surface area contributed by atoms with Gasteiger partial charge in [0.15, 0.2) is 0 Å². The highest BCUT2D eigenvalue weighted by Gasteiger charge is 2.13. The number of piperidine rings is 1. The molecule has 0 bridgehead atoms. The summed E-state index contributed by atoms with van der Waals surface area (Å²) >= 11 is 0. The zero-order valence-electron chi connectivity index (χ0n) is 12.0. The summed E-state index contributed by atoms with van der Waals surface area (Å²) in [6.45, 7) is 4.95. The molecular weight excluding hydrogens is 236 g/mol. The highest BCUT2D eigenvalue weighted by molar-refractivity contribution is 5.13. The van der Waals surface area contributed by atoms with Crippen LogP contribution in [0.5, 0.6) is 0 Å². The van der Waals surface area contributed by atoms with Crippen LogP contribution in [0.15, 0.2) is 30.3 Å². The van der Waals surface area contributed by atoms with Crippen LogP contribution in [0.25, 0.3) is 0 Å². The molecule has 19 heavy (non-hydrogen) atoms. The molecule has 0 amide bonds. The molecule has 1 aromatic rings. The number of hydrogen-bond donors (Lipinski definition) is 1. The van der Waals surface area contributed by atoms with Gasteiger partial charge in [-0.1, -0.05) is 30.3 Å². The quantitative estimate of drug-likeness (QED) is 0.764. The molecule has 0 unspecified atom stereocenters. The molecule has 3 heteroatoms. The smallest absolute Gasteiger partial charge is 0.0992 e. The minimum atomic E-state index is 0.707. The summed E-state index contributed by atoms with van der Waals surface area (Å²) in [7, 11) is 2.14. The third kappa shape index (κ3) is 5.72. The molecule has 0 atom stereocenters. The van der Waals surface area contributed by atoms with Gasteiger partial charge in [0.05, 0.1) is 13.3 Å². The number of nitrogens with zero attached hydrogens (tertiary/aromatic N) is 1. The van der Waals surface area contributed by atoms with Crippen molar-refractivity contribution in [1.29, 1.82) is 0 Å². The normalized spacial score (nSPS) is 16.9. The first kappa shape index (κ1) is 14.5. The highest BCUT2D eigenvalue weighted by atomic mass is 16.5. The van der Waals surface area contributed by atoms with E-state index in [9.17, 15) is 0 Å². The van der Waals surface area contributed by atoms with Gasteiger partial charge in [-0.3, -0.25) is 4.90 Å². The Kier molecular flexibility index (Phi) is 6.34. The maximum atomic E-state index is 5.73. The maximum Gasteiger partial charge on any atom is 0.0992 e. The van der Waals surface area contributed by atoms with Crippen LogP contribution in [0.2, 0.25) is 0 Å². The summed E-state index contributed by atoms with van der Waals surface area (Å²) in [4.78, 5) is 2.28. The monoisotopic (exact) mass is 262 g/mol. The van der Waals surface area contributed by atoms with Gasteiger partial charge in [-0.2, -0.15) is 0 Å². The van der Waals surface area contributed by atoms with Crippen LogP contribution >= 0.6 is 0 Å². The fraction of sp³-hybridized carbons (Fsp3) is 0.625. The lowest BCUT2D eigenvalue weighted by Gasteiger charge is -2.25. The summed E-state index contributed by atoms with van der Waals surface area (Å²) in [5.41, 5.74) is 1.24. The average Bonchev–Trinajstić information content (AvgIpc) is 2.47. The van der Waals surface area contributed by atoms with E-state index < -0.39 is 0 Å². The summed E-state index contributed by atoms with van der Waals surface area (Å²) in [6, 6.07) is 10.4. The van der Waals surface area contributed by atoms with E-state index in [0.29, 0.717) is 6.61 Å². The summed E-state index contributed by atoms with van der Waals surface area (Å²) < 4.78 is 5.73. The van der Waals surface area contributed by atoms with Gasteiger partial charge < -0.3 is 10.1 Å². The van der Waals surface area contributed by atoms with Crippen molar-refractivity contribution >= 4 is 0 Å². The van der Waals surface area contributed by atoms with Gasteiger partial charge >= 0.3 is 0 Å². The van der Waals surface area contributed by atoms with Crippen molar-refractivity contribution in [3.05, 3.63) is 35.9 Å². The van der Waals surface area contributed by atoms with Gasteiger partial charge in [-0.05, 0) is 50.9 Å². The van der Waals surface area contributed by atoms with Gasteiger partial charge in [0.25, 0.3) is 0 Å². The van der Waals surface area contributed by atoms with E-state index >= 15 is 0 Å². The van der Waals surface area contributed by atoms with Crippen LogP contribution < -0.4 is 5.32 Å². The van der Waals surface area contributed by atoms with Crippen LogP contribution in [-0.4, -0.2) is 38.3 Å². The van der Waals surface area contributed by atoms with Gasteiger partial charge in [-0.15, -0.1) is 0 Å². The number of rotatable bonds is 7. The fourth-order valence-electron chi connectivity index (χ4n) is 2.53. The van der Waals surface area contributed by atoms with E-state index in [-0.39, 0.29) is 0 Å². The first-order valence-electron chi connectivity index (χ1n) is 7.35. The number of nitrogens with one attached hydrogen (secondary N) is 1. The van der Waals surface area contributed by atoms with E-state index in [1.165, 1.54) is 37.9 Å². The Hall–Kier alpha value is -0.900. The zero-order chi connectivity index (χ0) is 13.3. The zero-order valence-corrected chi connectivity index (χ0v) is 12.0. The Balaban J connectivity index is 1.55. The highest BCUT2D eigenvalue weighted by Crippen LogP contribution is 2.15. The molecule has 0 saturated carbocycles. The van der Waals surface area contributed by atoms with E-state index in [1.54, 1.807) is 0 Å². The van der Waals surface area contributed by atoms with Crippen LogP contribution in [0.4, 0.5) is 0 Å².